The van der Waals surface area contributed by atoms with Crippen LogP contribution in [0.2, 0.25) is 5.02 Å². The minimum Gasteiger partial charge on any atom is -0.378 e. The van der Waals surface area contributed by atoms with E-state index in [4.69, 9.17) is 11.6 Å². The molecular formula is C19H16ClNO. The quantitative estimate of drug-likeness (QED) is 0.783. The molecule has 0 aliphatic rings. The Morgan fingerprint density at radius 2 is 1.55 bits per heavy atom. The van der Waals surface area contributed by atoms with Gasteiger partial charge < -0.3 is 5.11 Å². The lowest BCUT2D eigenvalue weighted by Crippen LogP contribution is -2.31. The molecule has 0 radical (unpaired) electrons. The van der Waals surface area contributed by atoms with E-state index in [0.29, 0.717) is 17.1 Å². The van der Waals surface area contributed by atoms with Crippen LogP contribution < -0.4 is 0 Å². The van der Waals surface area contributed by atoms with Crippen LogP contribution in [0.5, 0.6) is 0 Å². The van der Waals surface area contributed by atoms with Gasteiger partial charge in [-0.3, -0.25) is 4.98 Å². The highest BCUT2D eigenvalue weighted by Gasteiger charge is 2.33. The van der Waals surface area contributed by atoms with Crippen LogP contribution in [0.25, 0.3) is 0 Å². The zero-order valence-electron chi connectivity index (χ0n) is 12.0. The van der Waals surface area contributed by atoms with Crippen LogP contribution in [0.1, 0.15) is 16.8 Å². The second kappa shape index (κ2) is 6.30. The molecule has 1 N–H and O–H groups in total. The Morgan fingerprint density at radius 3 is 2.18 bits per heavy atom. The van der Waals surface area contributed by atoms with Gasteiger partial charge in [-0.25, -0.2) is 0 Å². The van der Waals surface area contributed by atoms with Crippen LogP contribution in [0, 0.1) is 0 Å². The van der Waals surface area contributed by atoms with Gasteiger partial charge in [0.1, 0.15) is 5.60 Å². The second-order valence-electron chi connectivity index (χ2n) is 5.24. The molecule has 0 aliphatic carbocycles. The van der Waals surface area contributed by atoms with Crippen molar-refractivity contribution < 1.29 is 5.11 Å². The van der Waals surface area contributed by atoms with Crippen LogP contribution in [0.15, 0.2) is 79.0 Å². The van der Waals surface area contributed by atoms with Gasteiger partial charge in [0.25, 0.3) is 0 Å². The molecule has 2 nitrogen and oxygen atoms in total. The molecule has 2 aromatic carbocycles. The lowest BCUT2D eigenvalue weighted by atomic mass is 9.84. The van der Waals surface area contributed by atoms with Crippen molar-refractivity contribution in [3.05, 3.63) is 101 Å². The minimum absolute atomic E-state index is 0.451. The first-order chi connectivity index (χ1) is 10.7. The van der Waals surface area contributed by atoms with Gasteiger partial charge in [0.15, 0.2) is 0 Å². The predicted octanol–water partition coefficient (Wildman–Crippen LogP) is 4.21. The Kier molecular flexibility index (Phi) is 4.23. The number of pyridine rings is 1. The van der Waals surface area contributed by atoms with Gasteiger partial charge in [0, 0.05) is 17.6 Å². The standard InChI is InChI=1S/C19H16ClNO/c20-17-11-9-16(10-12-17)19(22,18-8-4-5-13-21-18)14-15-6-2-1-3-7-15/h1-13,22H,14H2/t19-/m0/s1. The third-order valence-electron chi connectivity index (χ3n) is 3.71. The van der Waals surface area contributed by atoms with E-state index in [9.17, 15) is 5.11 Å². The molecule has 3 heteroatoms. The lowest BCUT2D eigenvalue weighted by molar-refractivity contribution is 0.0765. The van der Waals surface area contributed by atoms with Crippen LogP contribution in [-0.2, 0) is 12.0 Å². The van der Waals surface area contributed by atoms with E-state index in [1.165, 1.54) is 0 Å². The first-order valence-electron chi connectivity index (χ1n) is 7.12. The highest BCUT2D eigenvalue weighted by atomic mass is 35.5. The maximum Gasteiger partial charge on any atom is 0.135 e. The average Bonchev–Trinajstić information content (AvgIpc) is 2.57. The molecule has 0 spiro atoms. The maximum absolute atomic E-state index is 11.4. The molecule has 1 aromatic heterocycles. The van der Waals surface area contributed by atoms with Crippen molar-refractivity contribution in [1.29, 1.82) is 0 Å². The van der Waals surface area contributed by atoms with Gasteiger partial charge in [-0.2, -0.15) is 0 Å². The van der Waals surface area contributed by atoms with E-state index >= 15 is 0 Å². The first kappa shape index (κ1) is 14.8. The molecule has 3 rings (SSSR count). The third-order valence-corrected chi connectivity index (χ3v) is 3.97. The van der Waals surface area contributed by atoms with Crippen molar-refractivity contribution in [1.82, 2.24) is 4.98 Å². The summed E-state index contributed by atoms with van der Waals surface area (Å²) in [6.45, 7) is 0. The number of hydrogen-bond donors (Lipinski definition) is 1. The SMILES string of the molecule is O[C@@](Cc1ccccc1)(c1ccc(Cl)cc1)c1ccccn1. The molecule has 0 bridgehead atoms. The van der Waals surface area contributed by atoms with E-state index in [0.717, 1.165) is 11.1 Å². The van der Waals surface area contributed by atoms with E-state index in [1.54, 1.807) is 18.3 Å². The molecule has 0 saturated heterocycles. The van der Waals surface area contributed by atoms with Crippen LogP contribution in [-0.4, -0.2) is 10.1 Å². The van der Waals surface area contributed by atoms with Crippen LogP contribution in [0.4, 0.5) is 0 Å². The largest absolute Gasteiger partial charge is 0.378 e. The summed E-state index contributed by atoms with van der Waals surface area (Å²) in [5.74, 6) is 0. The Morgan fingerprint density at radius 1 is 0.864 bits per heavy atom. The van der Waals surface area contributed by atoms with Crippen molar-refractivity contribution in [2.45, 2.75) is 12.0 Å². The molecule has 22 heavy (non-hydrogen) atoms. The Hall–Kier alpha value is -2.16. The molecule has 3 aromatic rings. The molecule has 0 amide bonds. The fourth-order valence-electron chi connectivity index (χ4n) is 2.56. The predicted molar refractivity (Wildman–Crippen MR) is 88.8 cm³/mol. The van der Waals surface area contributed by atoms with Crippen molar-refractivity contribution in [3.63, 3.8) is 0 Å². The topological polar surface area (TPSA) is 33.1 Å². The normalized spacial score (nSPS) is 13.5. The van der Waals surface area contributed by atoms with Gasteiger partial charge in [-0.15, -0.1) is 0 Å². The molecule has 110 valence electrons. The zero-order valence-corrected chi connectivity index (χ0v) is 12.7. The molecule has 1 heterocycles. The van der Waals surface area contributed by atoms with Crippen molar-refractivity contribution >= 4 is 11.6 Å². The number of benzene rings is 2. The summed E-state index contributed by atoms with van der Waals surface area (Å²) in [7, 11) is 0. The molecular weight excluding hydrogens is 294 g/mol. The fourth-order valence-corrected chi connectivity index (χ4v) is 2.69. The summed E-state index contributed by atoms with van der Waals surface area (Å²) in [6.07, 6.45) is 2.15. The maximum atomic E-state index is 11.4. The van der Waals surface area contributed by atoms with Crippen LogP contribution >= 0.6 is 11.6 Å². The smallest absolute Gasteiger partial charge is 0.135 e. The van der Waals surface area contributed by atoms with E-state index in [2.05, 4.69) is 4.98 Å². The molecule has 0 aliphatic heterocycles. The highest BCUT2D eigenvalue weighted by Crippen LogP contribution is 2.32. The molecule has 0 unspecified atom stereocenters. The Bertz CT molecular complexity index is 728. The van der Waals surface area contributed by atoms with E-state index in [1.807, 2.05) is 60.7 Å². The number of hydrogen-bond acceptors (Lipinski definition) is 2. The monoisotopic (exact) mass is 309 g/mol. The molecule has 0 fully saturated rings. The number of aromatic nitrogens is 1. The summed E-state index contributed by atoms with van der Waals surface area (Å²) in [6, 6.07) is 22.7. The third kappa shape index (κ3) is 3.03. The summed E-state index contributed by atoms with van der Waals surface area (Å²) in [4.78, 5) is 4.36. The fraction of sp³-hybridized carbons (Fsp3) is 0.105. The van der Waals surface area contributed by atoms with Crippen molar-refractivity contribution in [2.75, 3.05) is 0 Å². The average molecular weight is 310 g/mol. The second-order valence-corrected chi connectivity index (χ2v) is 5.68. The zero-order chi connectivity index (χ0) is 15.4. The number of nitrogens with zero attached hydrogens (tertiary/aromatic N) is 1. The van der Waals surface area contributed by atoms with Gasteiger partial charge in [-0.05, 0) is 35.4 Å². The van der Waals surface area contributed by atoms with Gasteiger partial charge in [-0.1, -0.05) is 60.1 Å². The number of rotatable bonds is 4. The van der Waals surface area contributed by atoms with E-state index in [-0.39, 0.29) is 0 Å². The van der Waals surface area contributed by atoms with Gasteiger partial charge in [0.05, 0.1) is 5.69 Å². The Labute approximate surface area is 135 Å². The van der Waals surface area contributed by atoms with Gasteiger partial charge >= 0.3 is 0 Å². The summed E-state index contributed by atoms with van der Waals surface area (Å²) < 4.78 is 0. The minimum atomic E-state index is -1.19. The van der Waals surface area contributed by atoms with E-state index < -0.39 is 5.60 Å². The first-order valence-corrected chi connectivity index (χ1v) is 7.50. The lowest BCUT2D eigenvalue weighted by Gasteiger charge is -2.28. The van der Waals surface area contributed by atoms with Gasteiger partial charge in [0.2, 0.25) is 0 Å². The summed E-state index contributed by atoms with van der Waals surface area (Å²) in [5, 5.41) is 12.0. The van der Waals surface area contributed by atoms with Crippen molar-refractivity contribution in [3.8, 4) is 0 Å². The summed E-state index contributed by atoms with van der Waals surface area (Å²) in [5.41, 5.74) is 1.26. The number of aliphatic hydroxyl groups is 1. The van der Waals surface area contributed by atoms with Crippen LogP contribution in [0.3, 0.4) is 0 Å². The Balaban J connectivity index is 2.07. The molecule has 1 atom stereocenters. The summed E-state index contributed by atoms with van der Waals surface area (Å²) >= 11 is 5.97. The van der Waals surface area contributed by atoms with Crippen molar-refractivity contribution in [2.24, 2.45) is 0 Å². The number of halogens is 1. The molecule has 0 saturated carbocycles. The highest BCUT2D eigenvalue weighted by molar-refractivity contribution is 6.30.